The van der Waals surface area contributed by atoms with Crippen molar-refractivity contribution < 1.29 is 4.79 Å². The van der Waals surface area contributed by atoms with Crippen molar-refractivity contribution in [1.82, 2.24) is 4.90 Å². The van der Waals surface area contributed by atoms with Crippen molar-refractivity contribution in [3.8, 4) is 12.1 Å². The summed E-state index contributed by atoms with van der Waals surface area (Å²) in [5.74, 6) is 0.0132. The van der Waals surface area contributed by atoms with Gasteiger partial charge in [-0.25, -0.2) is 0 Å². The lowest BCUT2D eigenvalue weighted by molar-refractivity contribution is 0.0935. The summed E-state index contributed by atoms with van der Waals surface area (Å²) in [6, 6.07) is 10.7. The lowest BCUT2D eigenvalue weighted by Crippen LogP contribution is -2.30. The van der Waals surface area contributed by atoms with E-state index < -0.39 is 0 Å². The molecular weight excluding hydrogens is 226 g/mol. The van der Waals surface area contributed by atoms with E-state index in [0.717, 1.165) is 6.54 Å². The quantitative estimate of drug-likeness (QED) is 0.714. The molecule has 0 aliphatic heterocycles. The highest BCUT2D eigenvalue weighted by molar-refractivity contribution is 5.97. The van der Waals surface area contributed by atoms with Gasteiger partial charge in [0.05, 0.1) is 24.2 Å². The molecule has 92 valence electrons. The van der Waals surface area contributed by atoms with Crippen LogP contribution in [-0.2, 0) is 0 Å². The van der Waals surface area contributed by atoms with Crippen LogP contribution in [0, 0.1) is 22.7 Å². The summed E-state index contributed by atoms with van der Waals surface area (Å²) in [7, 11) is 0. The summed E-state index contributed by atoms with van der Waals surface area (Å²) >= 11 is 0. The number of Topliss-reactive ketones (excluding diaryl/α,β-unsaturated/α-hetero) is 1. The number of ketones is 1. The molecule has 0 atom stereocenters. The van der Waals surface area contributed by atoms with Crippen molar-refractivity contribution in [2.45, 2.75) is 13.3 Å². The third kappa shape index (κ3) is 4.01. The Labute approximate surface area is 107 Å². The molecule has 0 spiro atoms. The molecule has 0 amide bonds. The molecule has 4 nitrogen and oxygen atoms in total. The molecule has 0 radical (unpaired) electrons. The van der Waals surface area contributed by atoms with Gasteiger partial charge in [-0.3, -0.25) is 9.69 Å². The minimum absolute atomic E-state index is 0.0132. The second-order valence-electron chi connectivity index (χ2n) is 3.89. The zero-order valence-corrected chi connectivity index (χ0v) is 10.4. The first-order valence-electron chi connectivity index (χ1n) is 5.84. The molecule has 0 aromatic heterocycles. The Morgan fingerprint density at radius 2 is 1.94 bits per heavy atom. The molecule has 0 saturated carbocycles. The van der Waals surface area contributed by atoms with Crippen LogP contribution >= 0.6 is 0 Å². The second kappa shape index (κ2) is 7.21. The van der Waals surface area contributed by atoms with Gasteiger partial charge in [-0.15, -0.1) is 0 Å². The van der Waals surface area contributed by atoms with Gasteiger partial charge >= 0.3 is 0 Å². The Balaban J connectivity index is 2.63. The molecular formula is C14H15N3O. The molecule has 0 aliphatic rings. The SMILES string of the molecule is CCN(CCC#N)CC(=O)c1ccc(C#N)cc1. The first kappa shape index (κ1) is 13.9. The summed E-state index contributed by atoms with van der Waals surface area (Å²) in [6.45, 7) is 3.62. The molecule has 1 aromatic carbocycles. The average Bonchev–Trinajstić information content (AvgIpc) is 2.43. The number of nitrogens with zero attached hydrogens (tertiary/aromatic N) is 3. The summed E-state index contributed by atoms with van der Waals surface area (Å²) in [4.78, 5) is 13.9. The highest BCUT2D eigenvalue weighted by atomic mass is 16.1. The van der Waals surface area contributed by atoms with Crippen LogP contribution < -0.4 is 0 Å². The standard InChI is InChI=1S/C14H15N3O/c1-2-17(9-3-8-15)11-14(18)13-6-4-12(10-16)5-7-13/h4-7H,2-3,9,11H2,1H3. The van der Waals surface area contributed by atoms with Gasteiger partial charge in [0.2, 0.25) is 0 Å². The van der Waals surface area contributed by atoms with E-state index in [-0.39, 0.29) is 5.78 Å². The van der Waals surface area contributed by atoms with Gasteiger partial charge in [0, 0.05) is 18.5 Å². The Hall–Kier alpha value is -2.17. The van der Waals surface area contributed by atoms with E-state index in [1.54, 1.807) is 24.3 Å². The number of carbonyl (C=O) groups excluding carboxylic acids is 1. The van der Waals surface area contributed by atoms with Crippen molar-refractivity contribution >= 4 is 5.78 Å². The molecule has 0 fully saturated rings. The van der Waals surface area contributed by atoms with Crippen LogP contribution in [0.3, 0.4) is 0 Å². The van der Waals surface area contributed by atoms with Gasteiger partial charge in [0.25, 0.3) is 0 Å². The maximum Gasteiger partial charge on any atom is 0.176 e. The summed E-state index contributed by atoms with van der Waals surface area (Å²) < 4.78 is 0. The van der Waals surface area contributed by atoms with E-state index >= 15 is 0 Å². The summed E-state index contributed by atoms with van der Waals surface area (Å²) in [5.41, 5.74) is 1.15. The van der Waals surface area contributed by atoms with Gasteiger partial charge < -0.3 is 0 Å². The van der Waals surface area contributed by atoms with Crippen LogP contribution in [0.25, 0.3) is 0 Å². The predicted octanol–water partition coefficient (Wildman–Crippen LogP) is 1.98. The number of rotatable bonds is 6. The van der Waals surface area contributed by atoms with Crippen LogP contribution in [-0.4, -0.2) is 30.3 Å². The van der Waals surface area contributed by atoms with Crippen molar-refractivity contribution in [3.05, 3.63) is 35.4 Å². The Morgan fingerprint density at radius 3 is 2.44 bits per heavy atom. The molecule has 18 heavy (non-hydrogen) atoms. The van der Waals surface area contributed by atoms with Crippen LogP contribution in [0.2, 0.25) is 0 Å². The van der Waals surface area contributed by atoms with Gasteiger partial charge in [0.15, 0.2) is 5.78 Å². The molecule has 4 heteroatoms. The van der Waals surface area contributed by atoms with Gasteiger partial charge in [-0.2, -0.15) is 10.5 Å². The smallest absolute Gasteiger partial charge is 0.176 e. The first-order chi connectivity index (χ1) is 8.71. The lowest BCUT2D eigenvalue weighted by atomic mass is 10.1. The summed E-state index contributed by atoms with van der Waals surface area (Å²) in [5, 5.41) is 17.2. The highest BCUT2D eigenvalue weighted by Gasteiger charge is 2.10. The topological polar surface area (TPSA) is 67.9 Å². The minimum atomic E-state index is 0.0132. The maximum absolute atomic E-state index is 12.0. The highest BCUT2D eigenvalue weighted by Crippen LogP contribution is 2.05. The normalized spacial score (nSPS) is 9.78. The van der Waals surface area contributed by atoms with E-state index in [1.165, 1.54) is 0 Å². The fraction of sp³-hybridized carbons (Fsp3) is 0.357. The van der Waals surface area contributed by atoms with Crippen molar-refractivity contribution in [2.75, 3.05) is 19.6 Å². The number of hydrogen-bond acceptors (Lipinski definition) is 4. The first-order valence-corrected chi connectivity index (χ1v) is 5.84. The van der Waals surface area contributed by atoms with Crippen molar-refractivity contribution in [2.24, 2.45) is 0 Å². The molecule has 0 heterocycles. The number of likely N-dealkylation sites (N-methyl/N-ethyl adjacent to an activating group) is 1. The molecule has 0 bridgehead atoms. The number of hydrogen-bond donors (Lipinski definition) is 0. The molecule has 0 N–H and O–H groups in total. The fourth-order valence-electron chi connectivity index (χ4n) is 1.58. The monoisotopic (exact) mass is 241 g/mol. The van der Waals surface area contributed by atoms with E-state index in [2.05, 4.69) is 6.07 Å². The van der Waals surface area contributed by atoms with E-state index in [4.69, 9.17) is 10.5 Å². The summed E-state index contributed by atoms with van der Waals surface area (Å²) in [6.07, 6.45) is 0.425. The van der Waals surface area contributed by atoms with E-state index in [9.17, 15) is 4.79 Å². The zero-order valence-electron chi connectivity index (χ0n) is 10.4. The maximum atomic E-state index is 12.0. The predicted molar refractivity (Wildman–Crippen MR) is 67.8 cm³/mol. The van der Waals surface area contributed by atoms with Crippen LogP contribution in [0.1, 0.15) is 29.3 Å². The number of benzene rings is 1. The second-order valence-corrected chi connectivity index (χ2v) is 3.89. The molecule has 0 unspecified atom stereocenters. The average molecular weight is 241 g/mol. The Morgan fingerprint density at radius 1 is 1.28 bits per heavy atom. The Bertz CT molecular complexity index is 479. The van der Waals surface area contributed by atoms with Crippen LogP contribution in [0.15, 0.2) is 24.3 Å². The molecule has 1 aromatic rings. The molecule has 1 rings (SSSR count). The molecule has 0 saturated heterocycles. The van der Waals surface area contributed by atoms with Gasteiger partial charge in [0.1, 0.15) is 0 Å². The van der Waals surface area contributed by atoms with E-state index in [0.29, 0.717) is 30.6 Å². The lowest BCUT2D eigenvalue weighted by Gasteiger charge is -2.17. The van der Waals surface area contributed by atoms with E-state index in [1.807, 2.05) is 17.9 Å². The van der Waals surface area contributed by atoms with Crippen molar-refractivity contribution in [1.29, 1.82) is 10.5 Å². The van der Waals surface area contributed by atoms with Gasteiger partial charge in [-0.05, 0) is 18.7 Å². The van der Waals surface area contributed by atoms with Crippen LogP contribution in [0.4, 0.5) is 0 Å². The fourth-order valence-corrected chi connectivity index (χ4v) is 1.58. The zero-order chi connectivity index (χ0) is 13.4. The van der Waals surface area contributed by atoms with Gasteiger partial charge in [-0.1, -0.05) is 19.1 Å². The number of carbonyl (C=O) groups is 1. The molecule has 0 aliphatic carbocycles. The third-order valence-electron chi connectivity index (χ3n) is 2.69. The Kier molecular flexibility index (Phi) is 5.57. The van der Waals surface area contributed by atoms with Crippen LogP contribution in [0.5, 0.6) is 0 Å². The minimum Gasteiger partial charge on any atom is -0.295 e. The number of nitriles is 2. The third-order valence-corrected chi connectivity index (χ3v) is 2.69. The van der Waals surface area contributed by atoms with Crippen molar-refractivity contribution in [3.63, 3.8) is 0 Å². The largest absolute Gasteiger partial charge is 0.295 e.